The Labute approximate surface area is 127 Å². The molecule has 21 heavy (non-hydrogen) atoms. The number of hydrogen-bond donors (Lipinski definition) is 2. The van der Waals surface area contributed by atoms with Crippen LogP contribution in [0.2, 0.25) is 0 Å². The van der Waals surface area contributed by atoms with Crippen LogP contribution in [-0.2, 0) is 6.18 Å². The van der Waals surface area contributed by atoms with Gasteiger partial charge in [0.1, 0.15) is 5.82 Å². The number of aromatic nitrogens is 2. The molecule has 0 unspecified atom stereocenters. The summed E-state index contributed by atoms with van der Waals surface area (Å²) in [6, 6.07) is 0.938. The molecule has 0 bridgehead atoms. The van der Waals surface area contributed by atoms with Crippen LogP contribution < -0.4 is 10.6 Å². The van der Waals surface area contributed by atoms with Crippen molar-refractivity contribution in [2.45, 2.75) is 38.1 Å². The molecule has 0 spiro atoms. The van der Waals surface area contributed by atoms with Gasteiger partial charge in [0, 0.05) is 23.9 Å². The van der Waals surface area contributed by atoms with E-state index < -0.39 is 11.9 Å². The van der Waals surface area contributed by atoms with Crippen LogP contribution in [0.1, 0.15) is 32.9 Å². The zero-order valence-corrected chi connectivity index (χ0v) is 13.5. The Hall–Kier alpha value is -1.18. The number of alkyl halides is 3. The number of nitrogens with one attached hydrogen (secondary N) is 2. The minimum atomic E-state index is -4.49. The van der Waals surface area contributed by atoms with E-state index in [9.17, 15) is 13.2 Å². The molecular formula is C13H21F3N4S. The fourth-order valence-corrected chi connectivity index (χ4v) is 1.59. The van der Waals surface area contributed by atoms with Crippen LogP contribution in [0.15, 0.2) is 6.07 Å². The van der Waals surface area contributed by atoms with E-state index in [1.807, 2.05) is 27.0 Å². The van der Waals surface area contributed by atoms with Gasteiger partial charge in [0.25, 0.3) is 0 Å². The molecular weight excluding hydrogens is 301 g/mol. The molecule has 0 saturated heterocycles. The highest BCUT2D eigenvalue weighted by Crippen LogP contribution is 2.30. The largest absolute Gasteiger partial charge is 0.433 e. The van der Waals surface area contributed by atoms with Gasteiger partial charge >= 0.3 is 6.18 Å². The molecule has 8 heteroatoms. The summed E-state index contributed by atoms with van der Waals surface area (Å²) in [5, 5.41) is 5.74. The Morgan fingerprint density at radius 3 is 2.38 bits per heavy atom. The second-order valence-electron chi connectivity index (χ2n) is 5.20. The standard InChI is InChI=1S/C13H21F3N4S/c1-5-6-17-11-19-9(13(14,15)16)7-10(20-11)18-8-12(2,3)21-4/h7H,5-6,8H2,1-4H3,(H2,17,18,19,20). The highest BCUT2D eigenvalue weighted by atomic mass is 32.2. The lowest BCUT2D eigenvalue weighted by Gasteiger charge is -2.23. The van der Waals surface area contributed by atoms with Gasteiger partial charge in [-0.1, -0.05) is 6.92 Å². The van der Waals surface area contributed by atoms with Crippen molar-refractivity contribution in [3.05, 3.63) is 11.8 Å². The number of nitrogens with zero attached hydrogens (tertiary/aromatic N) is 2. The smallest absolute Gasteiger partial charge is 0.369 e. The Morgan fingerprint density at radius 2 is 1.86 bits per heavy atom. The molecule has 2 N–H and O–H groups in total. The lowest BCUT2D eigenvalue weighted by Crippen LogP contribution is -2.26. The first-order chi connectivity index (χ1) is 9.68. The first-order valence-electron chi connectivity index (χ1n) is 6.67. The van der Waals surface area contributed by atoms with E-state index in [4.69, 9.17) is 0 Å². The number of rotatable bonds is 7. The van der Waals surface area contributed by atoms with E-state index in [2.05, 4.69) is 20.6 Å². The maximum atomic E-state index is 12.9. The van der Waals surface area contributed by atoms with Crippen LogP contribution in [0, 0.1) is 0 Å². The van der Waals surface area contributed by atoms with Crippen molar-refractivity contribution in [2.24, 2.45) is 0 Å². The van der Waals surface area contributed by atoms with Crippen molar-refractivity contribution in [1.82, 2.24) is 9.97 Å². The molecule has 0 radical (unpaired) electrons. The summed E-state index contributed by atoms with van der Waals surface area (Å²) in [6.45, 7) is 6.97. The third-order valence-electron chi connectivity index (χ3n) is 2.80. The fourth-order valence-electron chi connectivity index (χ4n) is 1.37. The van der Waals surface area contributed by atoms with E-state index in [1.165, 1.54) is 0 Å². The lowest BCUT2D eigenvalue weighted by atomic mass is 10.2. The molecule has 0 aliphatic carbocycles. The first kappa shape index (κ1) is 17.9. The third-order valence-corrected chi connectivity index (χ3v) is 4.05. The van der Waals surface area contributed by atoms with E-state index >= 15 is 0 Å². The second-order valence-corrected chi connectivity index (χ2v) is 6.72. The molecule has 1 rings (SSSR count). The van der Waals surface area contributed by atoms with Gasteiger partial charge in [-0.15, -0.1) is 0 Å². The van der Waals surface area contributed by atoms with Gasteiger partial charge in [0.2, 0.25) is 5.95 Å². The SMILES string of the molecule is CCCNc1nc(NCC(C)(C)SC)cc(C(F)(F)F)n1. The zero-order chi connectivity index (χ0) is 16.1. The predicted octanol–water partition coefficient (Wildman–Crippen LogP) is 3.87. The maximum Gasteiger partial charge on any atom is 0.433 e. The lowest BCUT2D eigenvalue weighted by molar-refractivity contribution is -0.141. The summed E-state index contributed by atoms with van der Waals surface area (Å²) in [5.74, 6) is 0.175. The normalized spacial score (nSPS) is 12.3. The monoisotopic (exact) mass is 322 g/mol. The van der Waals surface area contributed by atoms with Crippen molar-refractivity contribution in [1.29, 1.82) is 0 Å². The average molecular weight is 322 g/mol. The van der Waals surface area contributed by atoms with Crippen LogP contribution in [0.4, 0.5) is 24.9 Å². The summed E-state index contributed by atoms with van der Waals surface area (Å²) < 4.78 is 38.5. The van der Waals surface area contributed by atoms with Gasteiger partial charge in [-0.2, -0.15) is 29.9 Å². The first-order valence-corrected chi connectivity index (χ1v) is 7.89. The van der Waals surface area contributed by atoms with Gasteiger partial charge in [0.15, 0.2) is 5.69 Å². The molecule has 120 valence electrons. The molecule has 0 saturated carbocycles. The van der Waals surface area contributed by atoms with Gasteiger partial charge < -0.3 is 10.6 Å². The minimum absolute atomic E-state index is 0.00358. The summed E-state index contributed by atoms with van der Waals surface area (Å²) >= 11 is 1.63. The number of halogens is 3. The highest BCUT2D eigenvalue weighted by Gasteiger charge is 2.33. The molecule has 0 amide bonds. The third kappa shape index (κ3) is 5.99. The minimum Gasteiger partial charge on any atom is -0.369 e. The van der Waals surface area contributed by atoms with Crippen LogP contribution in [0.3, 0.4) is 0 Å². The van der Waals surface area contributed by atoms with Gasteiger partial charge in [-0.25, -0.2) is 4.98 Å². The quantitative estimate of drug-likeness (QED) is 0.798. The zero-order valence-electron chi connectivity index (χ0n) is 12.6. The van der Waals surface area contributed by atoms with Crippen LogP contribution >= 0.6 is 11.8 Å². The molecule has 4 nitrogen and oxygen atoms in total. The summed E-state index contributed by atoms with van der Waals surface area (Å²) in [7, 11) is 0. The highest BCUT2D eigenvalue weighted by molar-refractivity contribution is 7.99. The molecule has 0 aliphatic rings. The molecule has 1 aromatic heterocycles. The van der Waals surface area contributed by atoms with E-state index in [0.29, 0.717) is 13.1 Å². The summed E-state index contributed by atoms with van der Waals surface area (Å²) in [4.78, 5) is 7.59. The Morgan fingerprint density at radius 1 is 1.19 bits per heavy atom. The van der Waals surface area contributed by atoms with Gasteiger partial charge in [-0.05, 0) is 26.5 Å². The van der Waals surface area contributed by atoms with Crippen molar-refractivity contribution >= 4 is 23.5 Å². The number of hydrogen-bond acceptors (Lipinski definition) is 5. The van der Waals surface area contributed by atoms with E-state index in [1.54, 1.807) is 11.8 Å². The molecule has 0 atom stereocenters. The number of thioether (sulfide) groups is 1. The van der Waals surface area contributed by atoms with Crippen molar-refractivity contribution in [3.63, 3.8) is 0 Å². The van der Waals surface area contributed by atoms with E-state index in [0.717, 1.165) is 12.5 Å². The van der Waals surface area contributed by atoms with Crippen LogP contribution in [0.25, 0.3) is 0 Å². The maximum absolute atomic E-state index is 12.9. The van der Waals surface area contributed by atoms with Gasteiger partial charge in [0.05, 0.1) is 0 Å². The number of anilines is 2. The average Bonchev–Trinajstić information content (AvgIpc) is 2.42. The second kappa shape index (κ2) is 7.20. The van der Waals surface area contributed by atoms with Crippen molar-refractivity contribution in [3.8, 4) is 0 Å². The van der Waals surface area contributed by atoms with Crippen LogP contribution in [-0.4, -0.2) is 34.1 Å². The molecule has 1 aromatic rings. The van der Waals surface area contributed by atoms with Crippen molar-refractivity contribution < 1.29 is 13.2 Å². The Balaban J connectivity index is 2.96. The molecule has 1 heterocycles. The summed E-state index contributed by atoms with van der Waals surface area (Å²) in [5.41, 5.74) is -0.944. The molecule has 0 fully saturated rings. The Bertz CT molecular complexity index is 463. The fraction of sp³-hybridized carbons (Fsp3) is 0.692. The summed E-state index contributed by atoms with van der Waals surface area (Å²) in [6.07, 6.45) is -1.75. The van der Waals surface area contributed by atoms with Crippen molar-refractivity contribution in [2.75, 3.05) is 30.0 Å². The van der Waals surface area contributed by atoms with Crippen LogP contribution in [0.5, 0.6) is 0 Å². The molecule has 0 aromatic carbocycles. The van der Waals surface area contributed by atoms with E-state index in [-0.39, 0.29) is 16.5 Å². The van der Waals surface area contributed by atoms with Gasteiger partial charge in [-0.3, -0.25) is 0 Å². The molecule has 0 aliphatic heterocycles. The Kier molecular flexibility index (Phi) is 6.12. The predicted molar refractivity (Wildman–Crippen MR) is 81.9 cm³/mol. The topological polar surface area (TPSA) is 49.8 Å².